The highest BCUT2D eigenvalue weighted by atomic mass is 35.5. The molecule has 1 saturated heterocycles. The first-order chi connectivity index (χ1) is 11.2. The van der Waals surface area contributed by atoms with Crippen LogP contribution in [0.5, 0.6) is 17.2 Å². The van der Waals surface area contributed by atoms with Gasteiger partial charge < -0.3 is 24.4 Å². The smallest absolute Gasteiger partial charge is 0.222 e. The summed E-state index contributed by atoms with van der Waals surface area (Å²) in [6.07, 6.45) is 2.65. The summed E-state index contributed by atoms with van der Waals surface area (Å²) in [5, 5.41) is 3.39. The van der Waals surface area contributed by atoms with Crippen molar-refractivity contribution in [2.24, 2.45) is 0 Å². The molecule has 2 rings (SSSR count). The molecule has 0 aliphatic carbocycles. The average Bonchev–Trinajstić information content (AvgIpc) is 2.98. The van der Waals surface area contributed by atoms with Gasteiger partial charge in [0, 0.05) is 31.6 Å². The van der Waals surface area contributed by atoms with Crippen molar-refractivity contribution < 1.29 is 19.0 Å². The summed E-state index contributed by atoms with van der Waals surface area (Å²) >= 11 is 0. The lowest BCUT2D eigenvalue weighted by atomic mass is 10.1. The van der Waals surface area contributed by atoms with Crippen LogP contribution < -0.4 is 19.5 Å². The van der Waals surface area contributed by atoms with Crippen molar-refractivity contribution in [1.82, 2.24) is 10.2 Å². The number of nitrogens with one attached hydrogen (secondary N) is 1. The minimum atomic E-state index is 0. The van der Waals surface area contributed by atoms with Gasteiger partial charge in [0.05, 0.1) is 21.3 Å². The molecule has 0 radical (unpaired) electrons. The number of methoxy groups -OCH3 is 3. The monoisotopic (exact) mass is 358 g/mol. The van der Waals surface area contributed by atoms with E-state index >= 15 is 0 Å². The quantitative estimate of drug-likeness (QED) is 0.686. The molecule has 0 aromatic heterocycles. The number of carbonyl (C=O) groups excluding carboxylic acids is 1. The van der Waals surface area contributed by atoms with Crippen LogP contribution in [0.1, 0.15) is 24.8 Å². The predicted molar refractivity (Wildman–Crippen MR) is 95.5 cm³/mol. The number of hydrogen-bond acceptors (Lipinski definition) is 5. The van der Waals surface area contributed by atoms with Gasteiger partial charge in [0.25, 0.3) is 0 Å². The van der Waals surface area contributed by atoms with Crippen LogP contribution >= 0.6 is 12.4 Å². The summed E-state index contributed by atoms with van der Waals surface area (Å²) in [4.78, 5) is 13.5. The van der Waals surface area contributed by atoms with E-state index in [0.29, 0.717) is 30.2 Å². The molecule has 1 N–H and O–H groups in total. The highest BCUT2D eigenvalue weighted by molar-refractivity contribution is 5.85. The van der Waals surface area contributed by atoms with Gasteiger partial charge >= 0.3 is 0 Å². The highest BCUT2D eigenvalue weighted by Crippen LogP contribution is 2.39. The van der Waals surface area contributed by atoms with E-state index in [-0.39, 0.29) is 18.3 Å². The molecule has 0 spiro atoms. The Morgan fingerprint density at radius 3 is 2.46 bits per heavy atom. The molecule has 0 unspecified atom stereocenters. The maximum atomic E-state index is 11.5. The van der Waals surface area contributed by atoms with Crippen molar-refractivity contribution >= 4 is 18.3 Å². The van der Waals surface area contributed by atoms with E-state index < -0.39 is 0 Å². The Labute approximate surface area is 149 Å². The van der Waals surface area contributed by atoms with E-state index in [9.17, 15) is 4.79 Å². The lowest BCUT2D eigenvalue weighted by Crippen LogP contribution is -2.28. The van der Waals surface area contributed by atoms with Gasteiger partial charge in [0.2, 0.25) is 11.7 Å². The van der Waals surface area contributed by atoms with Crippen LogP contribution in [0, 0.1) is 0 Å². The topological polar surface area (TPSA) is 60.0 Å². The molecular formula is C17H27ClN2O4. The zero-order valence-corrected chi connectivity index (χ0v) is 15.4. The number of carbonyl (C=O) groups is 1. The van der Waals surface area contributed by atoms with Gasteiger partial charge in [-0.05, 0) is 25.5 Å². The molecule has 0 saturated carbocycles. The van der Waals surface area contributed by atoms with Crippen molar-refractivity contribution in [2.45, 2.75) is 25.8 Å². The zero-order valence-electron chi connectivity index (χ0n) is 14.6. The lowest BCUT2D eigenvalue weighted by Gasteiger charge is -2.17. The molecule has 0 bridgehead atoms. The number of likely N-dealkylation sites (tertiary alicyclic amines) is 1. The number of nitrogens with zero attached hydrogens (tertiary/aromatic N) is 1. The Morgan fingerprint density at radius 1 is 1.12 bits per heavy atom. The van der Waals surface area contributed by atoms with Gasteiger partial charge in [-0.2, -0.15) is 0 Å². The first kappa shape index (κ1) is 20.4. The molecule has 1 aliphatic heterocycles. The molecule has 1 aromatic rings. The number of hydrogen-bond donors (Lipinski definition) is 1. The van der Waals surface area contributed by atoms with E-state index in [4.69, 9.17) is 14.2 Å². The molecular weight excluding hydrogens is 332 g/mol. The fourth-order valence-electron chi connectivity index (χ4n) is 2.86. The van der Waals surface area contributed by atoms with Crippen LogP contribution in [0.15, 0.2) is 12.1 Å². The first-order valence-corrected chi connectivity index (χ1v) is 7.97. The molecule has 1 heterocycles. The number of ether oxygens (including phenoxy) is 3. The maximum absolute atomic E-state index is 11.5. The van der Waals surface area contributed by atoms with Gasteiger partial charge in [-0.15, -0.1) is 12.4 Å². The molecule has 7 heteroatoms. The van der Waals surface area contributed by atoms with Crippen molar-refractivity contribution in [3.8, 4) is 17.2 Å². The third-order valence-corrected chi connectivity index (χ3v) is 4.05. The van der Waals surface area contributed by atoms with Crippen LogP contribution in [-0.2, 0) is 11.3 Å². The summed E-state index contributed by atoms with van der Waals surface area (Å²) in [7, 11) is 4.83. The van der Waals surface area contributed by atoms with Crippen molar-refractivity contribution in [3.05, 3.63) is 17.7 Å². The van der Waals surface area contributed by atoms with Crippen molar-refractivity contribution in [2.75, 3.05) is 41.0 Å². The standard InChI is InChI=1S/C17H26N2O4.ClH/c1-21-14-8-7-13(16(22-2)17(14)23-3)12-18-9-5-11-19-10-4-6-15(19)20;/h7-8,18H,4-6,9-12H2,1-3H3;1H. The van der Waals surface area contributed by atoms with Gasteiger partial charge in [0.1, 0.15) is 0 Å². The summed E-state index contributed by atoms with van der Waals surface area (Å²) in [6.45, 7) is 3.26. The largest absolute Gasteiger partial charge is 0.493 e. The van der Waals surface area contributed by atoms with E-state index in [1.54, 1.807) is 21.3 Å². The third-order valence-electron chi connectivity index (χ3n) is 4.05. The summed E-state index contributed by atoms with van der Waals surface area (Å²) in [6, 6.07) is 3.85. The second kappa shape index (κ2) is 10.3. The number of amides is 1. The van der Waals surface area contributed by atoms with Gasteiger partial charge in [0.15, 0.2) is 11.5 Å². The van der Waals surface area contributed by atoms with Crippen molar-refractivity contribution in [3.63, 3.8) is 0 Å². The maximum Gasteiger partial charge on any atom is 0.222 e. The lowest BCUT2D eigenvalue weighted by molar-refractivity contribution is -0.127. The SMILES string of the molecule is COc1ccc(CNCCCN2CCCC2=O)c(OC)c1OC.Cl. The van der Waals surface area contributed by atoms with E-state index in [1.807, 2.05) is 17.0 Å². The molecule has 136 valence electrons. The Hall–Kier alpha value is -1.66. The fraction of sp³-hybridized carbons (Fsp3) is 0.588. The summed E-state index contributed by atoms with van der Waals surface area (Å²) < 4.78 is 16.1. The van der Waals surface area contributed by atoms with E-state index in [2.05, 4.69) is 5.32 Å². The van der Waals surface area contributed by atoms with E-state index in [0.717, 1.165) is 38.0 Å². The molecule has 24 heavy (non-hydrogen) atoms. The van der Waals surface area contributed by atoms with Crippen LogP contribution in [0.3, 0.4) is 0 Å². The molecule has 0 atom stereocenters. The average molecular weight is 359 g/mol. The summed E-state index contributed by atoms with van der Waals surface area (Å²) in [5.41, 5.74) is 1.02. The third kappa shape index (κ3) is 4.92. The normalized spacial score (nSPS) is 13.6. The van der Waals surface area contributed by atoms with Gasteiger partial charge in [-0.1, -0.05) is 6.07 Å². The Morgan fingerprint density at radius 2 is 1.88 bits per heavy atom. The number of rotatable bonds is 9. The van der Waals surface area contributed by atoms with Crippen LogP contribution in [0.2, 0.25) is 0 Å². The minimum absolute atomic E-state index is 0. The van der Waals surface area contributed by atoms with Crippen LogP contribution in [0.25, 0.3) is 0 Å². The van der Waals surface area contributed by atoms with Crippen molar-refractivity contribution in [1.29, 1.82) is 0 Å². The Balaban J connectivity index is 0.00000288. The second-order valence-corrected chi connectivity index (χ2v) is 5.51. The second-order valence-electron chi connectivity index (χ2n) is 5.51. The first-order valence-electron chi connectivity index (χ1n) is 7.97. The van der Waals surface area contributed by atoms with E-state index in [1.165, 1.54) is 0 Å². The molecule has 1 amide bonds. The molecule has 1 aromatic carbocycles. The summed E-state index contributed by atoms with van der Waals surface area (Å²) in [5.74, 6) is 2.23. The number of benzene rings is 1. The Kier molecular flexibility index (Phi) is 8.71. The molecule has 6 nitrogen and oxygen atoms in total. The number of halogens is 1. The van der Waals surface area contributed by atoms with Gasteiger partial charge in [-0.3, -0.25) is 4.79 Å². The highest BCUT2D eigenvalue weighted by Gasteiger charge is 2.19. The predicted octanol–water partition coefficient (Wildman–Crippen LogP) is 2.24. The molecule has 1 fully saturated rings. The van der Waals surface area contributed by atoms with Crippen LogP contribution in [0.4, 0.5) is 0 Å². The fourth-order valence-corrected chi connectivity index (χ4v) is 2.86. The zero-order chi connectivity index (χ0) is 16.7. The van der Waals surface area contributed by atoms with Gasteiger partial charge in [-0.25, -0.2) is 0 Å². The Bertz CT molecular complexity index is 540. The molecule has 1 aliphatic rings. The van der Waals surface area contributed by atoms with Crippen LogP contribution in [-0.4, -0.2) is 51.8 Å². The minimum Gasteiger partial charge on any atom is -0.493 e.